The van der Waals surface area contributed by atoms with Gasteiger partial charge in [-0.1, -0.05) is 6.92 Å². The normalized spacial score (nSPS) is 24.5. The average Bonchev–Trinajstić information content (AvgIpc) is 2.75. The van der Waals surface area contributed by atoms with E-state index in [9.17, 15) is 9.50 Å². The number of hydrogen-bond acceptors (Lipinski definition) is 6. The molecule has 158 valence electrons. The number of aliphatic hydroxyl groups excluding tert-OH is 1. The third-order valence-corrected chi connectivity index (χ3v) is 6.04. The summed E-state index contributed by atoms with van der Waals surface area (Å²) in [5.41, 5.74) is 1.95. The largest absolute Gasteiger partial charge is 0.474 e. The van der Waals surface area contributed by atoms with Gasteiger partial charge in [-0.05, 0) is 37.5 Å². The molecule has 2 aliphatic rings. The molecule has 1 atom stereocenters. The molecule has 0 unspecified atom stereocenters. The molecule has 0 spiro atoms. The van der Waals surface area contributed by atoms with E-state index in [1.807, 2.05) is 13.1 Å². The van der Waals surface area contributed by atoms with Gasteiger partial charge in [-0.2, -0.15) is 0 Å². The summed E-state index contributed by atoms with van der Waals surface area (Å²) in [6.07, 6.45) is 9.16. The molecule has 7 heteroatoms. The van der Waals surface area contributed by atoms with Crippen molar-refractivity contribution in [2.45, 2.75) is 70.0 Å². The Morgan fingerprint density at radius 3 is 2.62 bits per heavy atom. The van der Waals surface area contributed by atoms with Gasteiger partial charge in [0.25, 0.3) is 0 Å². The van der Waals surface area contributed by atoms with E-state index in [1.165, 1.54) is 0 Å². The van der Waals surface area contributed by atoms with Crippen molar-refractivity contribution in [2.24, 2.45) is 5.92 Å². The molecule has 4 rings (SSSR count). The second kappa shape index (κ2) is 9.30. The maximum atomic E-state index is 13.0. The highest BCUT2D eigenvalue weighted by atomic mass is 19.1. The molecule has 1 aliphatic heterocycles. The standard InChI is InChI=1S/C22H30FN3O3/c1-14(11-23)10-20-24-13-19-21(26-20)18(15-2-4-16(27)5-3-15)12-25-22(19)29-17-6-8-28-9-7-17/h12-17,27H,2-11H2,1H3/t14-,15?,16?/m0/s1. The van der Waals surface area contributed by atoms with Crippen molar-refractivity contribution in [3.05, 3.63) is 23.8 Å². The molecule has 0 amide bonds. The van der Waals surface area contributed by atoms with Gasteiger partial charge in [-0.15, -0.1) is 0 Å². The van der Waals surface area contributed by atoms with Crippen molar-refractivity contribution >= 4 is 10.9 Å². The lowest BCUT2D eigenvalue weighted by Gasteiger charge is -2.27. The monoisotopic (exact) mass is 403 g/mol. The number of aromatic nitrogens is 3. The van der Waals surface area contributed by atoms with Crippen LogP contribution in [-0.2, 0) is 11.2 Å². The number of hydrogen-bond donors (Lipinski definition) is 1. The number of alkyl halides is 1. The van der Waals surface area contributed by atoms with Crippen molar-refractivity contribution in [1.29, 1.82) is 0 Å². The Morgan fingerprint density at radius 2 is 1.90 bits per heavy atom. The Labute approximate surface area is 170 Å². The zero-order valence-electron chi connectivity index (χ0n) is 17.0. The Morgan fingerprint density at radius 1 is 1.14 bits per heavy atom. The van der Waals surface area contributed by atoms with E-state index < -0.39 is 0 Å². The second-order valence-electron chi connectivity index (χ2n) is 8.47. The topological polar surface area (TPSA) is 77.4 Å². The van der Waals surface area contributed by atoms with Gasteiger partial charge in [0.1, 0.15) is 11.9 Å². The lowest BCUT2D eigenvalue weighted by molar-refractivity contribution is 0.0244. The minimum absolute atomic E-state index is 0.0846. The zero-order valence-corrected chi connectivity index (χ0v) is 17.0. The molecule has 6 nitrogen and oxygen atoms in total. The molecular weight excluding hydrogens is 373 g/mol. The zero-order chi connectivity index (χ0) is 20.2. The van der Waals surface area contributed by atoms with Crippen LogP contribution in [0.15, 0.2) is 12.4 Å². The van der Waals surface area contributed by atoms with Crippen LogP contribution in [0.2, 0.25) is 0 Å². The third-order valence-electron chi connectivity index (χ3n) is 6.04. The van der Waals surface area contributed by atoms with E-state index in [0.29, 0.717) is 37.3 Å². The number of nitrogens with zero attached hydrogens (tertiary/aromatic N) is 3. The van der Waals surface area contributed by atoms with Crippen LogP contribution in [0.1, 0.15) is 62.8 Å². The van der Waals surface area contributed by atoms with E-state index in [0.717, 1.165) is 55.0 Å². The second-order valence-corrected chi connectivity index (χ2v) is 8.47. The number of ether oxygens (including phenoxy) is 2. The molecule has 1 aliphatic carbocycles. The fourth-order valence-electron chi connectivity index (χ4n) is 4.25. The quantitative estimate of drug-likeness (QED) is 0.792. The molecule has 1 saturated heterocycles. The van der Waals surface area contributed by atoms with E-state index in [2.05, 4.69) is 9.97 Å². The number of aliphatic hydroxyl groups is 1. The van der Waals surface area contributed by atoms with E-state index in [4.69, 9.17) is 14.5 Å². The first-order valence-corrected chi connectivity index (χ1v) is 10.8. The van der Waals surface area contributed by atoms with Crippen LogP contribution in [0.25, 0.3) is 10.9 Å². The van der Waals surface area contributed by atoms with Crippen LogP contribution >= 0.6 is 0 Å². The lowest BCUT2D eigenvalue weighted by Crippen LogP contribution is -2.26. The van der Waals surface area contributed by atoms with Gasteiger partial charge in [0.2, 0.25) is 5.88 Å². The average molecular weight is 403 g/mol. The summed E-state index contributed by atoms with van der Waals surface area (Å²) in [4.78, 5) is 13.9. The van der Waals surface area contributed by atoms with E-state index >= 15 is 0 Å². The van der Waals surface area contributed by atoms with Crippen molar-refractivity contribution in [3.8, 4) is 5.88 Å². The number of halogens is 1. The highest BCUT2D eigenvalue weighted by molar-refractivity contribution is 5.85. The maximum Gasteiger partial charge on any atom is 0.224 e. The molecule has 0 aromatic carbocycles. The van der Waals surface area contributed by atoms with Crippen LogP contribution < -0.4 is 4.74 Å². The Kier molecular flexibility index (Phi) is 6.55. The molecule has 2 fully saturated rings. The summed E-state index contributed by atoms with van der Waals surface area (Å²) >= 11 is 0. The van der Waals surface area contributed by atoms with Gasteiger partial charge >= 0.3 is 0 Å². The summed E-state index contributed by atoms with van der Waals surface area (Å²) < 4.78 is 24.6. The molecule has 29 heavy (non-hydrogen) atoms. The molecule has 1 saturated carbocycles. The maximum absolute atomic E-state index is 13.0. The predicted molar refractivity (Wildman–Crippen MR) is 108 cm³/mol. The highest BCUT2D eigenvalue weighted by Gasteiger charge is 2.26. The summed E-state index contributed by atoms with van der Waals surface area (Å²) in [5.74, 6) is 1.42. The van der Waals surface area contributed by atoms with E-state index in [-0.39, 0.29) is 24.8 Å². The highest BCUT2D eigenvalue weighted by Crippen LogP contribution is 2.37. The summed E-state index contributed by atoms with van der Waals surface area (Å²) in [5, 5.41) is 10.7. The SMILES string of the molecule is C[C@H](CF)Cc1ncc2c(OC3CCOCC3)ncc(C3CCC(O)CC3)c2n1. The molecule has 2 aromatic rings. The predicted octanol–water partition coefficient (Wildman–Crippen LogP) is 3.75. The molecule has 0 radical (unpaired) electrons. The fraction of sp³-hybridized carbons (Fsp3) is 0.682. The van der Waals surface area contributed by atoms with Gasteiger partial charge in [0.05, 0.1) is 36.9 Å². The van der Waals surface area contributed by atoms with Crippen LogP contribution in [0.4, 0.5) is 4.39 Å². The van der Waals surface area contributed by atoms with Crippen LogP contribution in [0, 0.1) is 5.92 Å². The van der Waals surface area contributed by atoms with Gasteiger partial charge in [0.15, 0.2) is 0 Å². The van der Waals surface area contributed by atoms with Gasteiger partial charge in [-0.25, -0.2) is 15.0 Å². The first-order valence-electron chi connectivity index (χ1n) is 10.8. The van der Waals surface area contributed by atoms with Crippen LogP contribution in [0.3, 0.4) is 0 Å². The third kappa shape index (κ3) is 4.83. The number of rotatable bonds is 6. The van der Waals surface area contributed by atoms with Crippen molar-refractivity contribution in [1.82, 2.24) is 15.0 Å². The van der Waals surface area contributed by atoms with Crippen LogP contribution in [0.5, 0.6) is 5.88 Å². The van der Waals surface area contributed by atoms with Crippen LogP contribution in [-0.4, -0.2) is 52.2 Å². The first kappa shape index (κ1) is 20.4. The molecule has 0 bridgehead atoms. The van der Waals surface area contributed by atoms with Gasteiger partial charge in [-0.3, -0.25) is 4.39 Å². The Bertz CT molecular complexity index is 820. The molecule has 2 aromatic heterocycles. The summed E-state index contributed by atoms with van der Waals surface area (Å²) in [6.45, 7) is 2.88. The van der Waals surface area contributed by atoms with Gasteiger partial charge in [0, 0.05) is 37.2 Å². The summed E-state index contributed by atoms with van der Waals surface area (Å²) in [6, 6.07) is 0. The van der Waals surface area contributed by atoms with Crippen molar-refractivity contribution in [2.75, 3.05) is 19.9 Å². The molecule has 1 N–H and O–H groups in total. The minimum atomic E-state index is -0.386. The Balaban J connectivity index is 1.69. The van der Waals surface area contributed by atoms with Gasteiger partial charge < -0.3 is 14.6 Å². The number of pyridine rings is 1. The fourth-order valence-corrected chi connectivity index (χ4v) is 4.25. The summed E-state index contributed by atoms with van der Waals surface area (Å²) in [7, 11) is 0. The smallest absolute Gasteiger partial charge is 0.224 e. The minimum Gasteiger partial charge on any atom is -0.474 e. The van der Waals surface area contributed by atoms with E-state index in [1.54, 1.807) is 6.20 Å². The first-order chi connectivity index (χ1) is 14.1. The van der Waals surface area contributed by atoms with Crippen molar-refractivity contribution < 1.29 is 19.0 Å². The lowest BCUT2D eigenvalue weighted by atomic mass is 9.82. The van der Waals surface area contributed by atoms with Crippen molar-refractivity contribution in [3.63, 3.8) is 0 Å². The molecular formula is C22H30FN3O3. The Hall–Kier alpha value is -1.86. The number of fused-ring (bicyclic) bond motifs is 1. The molecule has 3 heterocycles.